The number of fused-ring (bicyclic) bond motifs is 1. The molecule has 3 N–H and O–H groups in total. The number of likely N-dealkylation sites (tertiary alicyclic amines) is 1. The van der Waals surface area contributed by atoms with Crippen LogP contribution in [0.2, 0.25) is 0 Å². The average molecular weight is 356 g/mol. The Bertz CT molecular complexity index is 739. The second-order valence-corrected chi connectivity index (χ2v) is 7.44. The van der Waals surface area contributed by atoms with E-state index in [1.807, 2.05) is 30.3 Å². The Morgan fingerprint density at radius 2 is 2.04 bits per heavy atom. The van der Waals surface area contributed by atoms with E-state index in [-0.39, 0.29) is 17.8 Å². The molecule has 1 saturated heterocycles. The SMILES string of the molecule is Oc1ccc([C@H](O)CN2C[C@@H]3C[C@@H](Oc4ccccc4)C[C@]3(O)C2)nc1. The van der Waals surface area contributed by atoms with Crippen LogP contribution in [0, 0.1) is 5.92 Å². The third kappa shape index (κ3) is 3.53. The molecule has 1 aliphatic heterocycles. The largest absolute Gasteiger partial charge is 0.506 e. The molecule has 0 radical (unpaired) electrons. The molecule has 4 atom stereocenters. The zero-order valence-corrected chi connectivity index (χ0v) is 14.5. The smallest absolute Gasteiger partial charge is 0.133 e. The lowest BCUT2D eigenvalue weighted by atomic mass is 9.95. The van der Waals surface area contributed by atoms with Crippen molar-refractivity contribution in [1.82, 2.24) is 9.88 Å². The summed E-state index contributed by atoms with van der Waals surface area (Å²) in [5, 5.41) is 30.7. The molecule has 0 spiro atoms. The van der Waals surface area contributed by atoms with Gasteiger partial charge >= 0.3 is 0 Å². The summed E-state index contributed by atoms with van der Waals surface area (Å²) < 4.78 is 6.01. The van der Waals surface area contributed by atoms with Crippen molar-refractivity contribution >= 4 is 0 Å². The molecule has 6 heteroatoms. The quantitative estimate of drug-likeness (QED) is 0.756. The summed E-state index contributed by atoms with van der Waals surface area (Å²) in [7, 11) is 0. The second kappa shape index (κ2) is 6.87. The van der Waals surface area contributed by atoms with Gasteiger partial charge in [-0.2, -0.15) is 0 Å². The second-order valence-electron chi connectivity index (χ2n) is 7.44. The monoisotopic (exact) mass is 356 g/mol. The molecule has 0 amide bonds. The lowest BCUT2D eigenvalue weighted by Crippen LogP contribution is -2.36. The van der Waals surface area contributed by atoms with Gasteiger partial charge in [-0.05, 0) is 30.7 Å². The Labute approximate surface area is 152 Å². The summed E-state index contributed by atoms with van der Waals surface area (Å²) in [6.45, 7) is 1.68. The van der Waals surface area contributed by atoms with Gasteiger partial charge in [0.2, 0.25) is 0 Å². The first-order valence-electron chi connectivity index (χ1n) is 9.01. The van der Waals surface area contributed by atoms with Crippen LogP contribution in [0.15, 0.2) is 48.7 Å². The highest BCUT2D eigenvalue weighted by atomic mass is 16.5. The highest BCUT2D eigenvalue weighted by Gasteiger charge is 2.52. The number of rotatable bonds is 5. The fraction of sp³-hybridized carbons (Fsp3) is 0.450. The summed E-state index contributed by atoms with van der Waals surface area (Å²) in [5.74, 6) is 1.07. The van der Waals surface area contributed by atoms with Crippen LogP contribution in [0.5, 0.6) is 11.5 Å². The van der Waals surface area contributed by atoms with Crippen molar-refractivity contribution in [3.63, 3.8) is 0 Å². The lowest BCUT2D eigenvalue weighted by molar-refractivity contribution is 0.0177. The molecule has 2 heterocycles. The number of para-hydroxylation sites is 1. The fourth-order valence-electron chi connectivity index (χ4n) is 4.24. The van der Waals surface area contributed by atoms with Crippen molar-refractivity contribution in [2.75, 3.05) is 19.6 Å². The number of nitrogens with zero attached hydrogens (tertiary/aromatic N) is 2. The molecule has 26 heavy (non-hydrogen) atoms. The molecule has 1 saturated carbocycles. The van der Waals surface area contributed by atoms with E-state index in [1.165, 1.54) is 12.3 Å². The van der Waals surface area contributed by atoms with Gasteiger partial charge in [0, 0.05) is 32.0 Å². The van der Waals surface area contributed by atoms with E-state index in [4.69, 9.17) is 4.74 Å². The number of aromatic nitrogens is 1. The Balaban J connectivity index is 1.33. The molecular formula is C20H24N2O4. The van der Waals surface area contributed by atoms with Gasteiger partial charge in [0.1, 0.15) is 23.7 Å². The molecule has 2 aromatic rings. The molecule has 0 unspecified atom stereocenters. The first-order valence-corrected chi connectivity index (χ1v) is 9.01. The molecule has 138 valence electrons. The average Bonchev–Trinajstić information content (AvgIpc) is 3.06. The Morgan fingerprint density at radius 3 is 2.73 bits per heavy atom. The van der Waals surface area contributed by atoms with Gasteiger partial charge in [0.15, 0.2) is 0 Å². The molecule has 1 aromatic heterocycles. The minimum atomic E-state index is -0.762. The molecule has 6 nitrogen and oxygen atoms in total. The van der Waals surface area contributed by atoms with Crippen LogP contribution in [0.25, 0.3) is 0 Å². The van der Waals surface area contributed by atoms with Gasteiger partial charge in [-0.1, -0.05) is 18.2 Å². The maximum absolute atomic E-state index is 11.0. The molecule has 0 bridgehead atoms. The molecule has 1 aromatic carbocycles. The number of hydrogen-bond acceptors (Lipinski definition) is 6. The van der Waals surface area contributed by atoms with E-state index in [9.17, 15) is 15.3 Å². The van der Waals surface area contributed by atoms with E-state index >= 15 is 0 Å². The van der Waals surface area contributed by atoms with Crippen molar-refractivity contribution < 1.29 is 20.1 Å². The highest BCUT2D eigenvalue weighted by molar-refractivity contribution is 5.22. The van der Waals surface area contributed by atoms with Gasteiger partial charge in [-0.15, -0.1) is 0 Å². The van der Waals surface area contributed by atoms with Crippen molar-refractivity contribution in [3.05, 3.63) is 54.4 Å². The van der Waals surface area contributed by atoms with Gasteiger partial charge < -0.3 is 20.1 Å². The van der Waals surface area contributed by atoms with E-state index in [2.05, 4.69) is 9.88 Å². The number of ether oxygens (including phenoxy) is 1. The van der Waals surface area contributed by atoms with Gasteiger partial charge in [-0.3, -0.25) is 9.88 Å². The van der Waals surface area contributed by atoms with Gasteiger partial charge in [-0.25, -0.2) is 0 Å². The number of β-amino-alcohol motifs (C(OH)–C–C–N with tert-alkyl or cyclic N) is 2. The summed E-state index contributed by atoms with van der Waals surface area (Å²) >= 11 is 0. The third-order valence-corrected chi connectivity index (χ3v) is 5.45. The number of aromatic hydroxyl groups is 1. The van der Waals surface area contributed by atoms with E-state index in [0.29, 0.717) is 25.2 Å². The first-order chi connectivity index (χ1) is 12.5. The maximum Gasteiger partial charge on any atom is 0.133 e. The minimum Gasteiger partial charge on any atom is -0.506 e. The summed E-state index contributed by atoms with van der Waals surface area (Å²) in [5.41, 5.74) is -0.237. The Hall–Kier alpha value is -2.15. The molecule has 2 fully saturated rings. The van der Waals surface area contributed by atoms with Crippen LogP contribution >= 0.6 is 0 Å². The molecular weight excluding hydrogens is 332 g/mol. The van der Waals surface area contributed by atoms with Crippen molar-refractivity contribution in [2.24, 2.45) is 5.92 Å². The van der Waals surface area contributed by atoms with Crippen molar-refractivity contribution in [2.45, 2.75) is 30.7 Å². The summed E-state index contributed by atoms with van der Waals surface area (Å²) in [6, 6.07) is 12.9. The number of pyridine rings is 1. The number of aliphatic hydroxyl groups is 2. The third-order valence-electron chi connectivity index (χ3n) is 5.45. The zero-order chi connectivity index (χ0) is 18.1. The Kier molecular flexibility index (Phi) is 4.56. The van der Waals surface area contributed by atoms with Gasteiger partial charge in [0.25, 0.3) is 0 Å². The van der Waals surface area contributed by atoms with E-state index in [0.717, 1.165) is 18.7 Å². The molecule has 4 rings (SSSR count). The van der Waals surface area contributed by atoms with Crippen LogP contribution in [0.4, 0.5) is 0 Å². The topological polar surface area (TPSA) is 86.1 Å². The number of benzene rings is 1. The standard InChI is InChI=1S/C20H24N2O4/c23-15-6-7-18(21-10-15)19(24)12-22-11-14-8-17(9-20(14,25)13-22)26-16-4-2-1-3-5-16/h1-7,10,14,17,19,23-25H,8-9,11-13H2/t14-,17+,19+,20-/m0/s1. The van der Waals surface area contributed by atoms with Crippen molar-refractivity contribution in [1.29, 1.82) is 0 Å². The predicted molar refractivity (Wildman–Crippen MR) is 95.8 cm³/mol. The van der Waals surface area contributed by atoms with Crippen LogP contribution < -0.4 is 4.74 Å². The Morgan fingerprint density at radius 1 is 1.23 bits per heavy atom. The summed E-state index contributed by atoms with van der Waals surface area (Å²) in [4.78, 5) is 6.15. The number of aliphatic hydroxyl groups excluding tert-OH is 1. The summed E-state index contributed by atoms with van der Waals surface area (Å²) in [6.07, 6.45) is 2.04. The molecule has 2 aliphatic rings. The predicted octanol–water partition coefficient (Wildman–Crippen LogP) is 1.72. The zero-order valence-electron chi connectivity index (χ0n) is 14.5. The van der Waals surface area contributed by atoms with Crippen molar-refractivity contribution in [3.8, 4) is 11.5 Å². The lowest BCUT2D eigenvalue weighted by Gasteiger charge is -2.24. The van der Waals surface area contributed by atoms with E-state index < -0.39 is 11.7 Å². The minimum absolute atomic E-state index is 0.0261. The van der Waals surface area contributed by atoms with Crippen LogP contribution in [-0.4, -0.2) is 56.5 Å². The maximum atomic E-state index is 11.0. The normalized spacial score (nSPS) is 29.5. The highest BCUT2D eigenvalue weighted by Crippen LogP contribution is 2.43. The van der Waals surface area contributed by atoms with E-state index in [1.54, 1.807) is 6.07 Å². The molecule has 1 aliphatic carbocycles. The van der Waals surface area contributed by atoms with Gasteiger partial charge in [0.05, 0.1) is 17.5 Å². The fourth-order valence-corrected chi connectivity index (χ4v) is 4.24. The van der Waals surface area contributed by atoms with Crippen LogP contribution in [0.3, 0.4) is 0 Å². The number of hydrogen-bond donors (Lipinski definition) is 3. The van der Waals surface area contributed by atoms with Crippen LogP contribution in [-0.2, 0) is 0 Å². The van der Waals surface area contributed by atoms with Crippen LogP contribution in [0.1, 0.15) is 24.6 Å². The first kappa shape index (κ1) is 17.3.